The molecule has 2 fully saturated rings. The zero-order chi connectivity index (χ0) is 10.8. The van der Waals surface area contributed by atoms with Crippen molar-refractivity contribution in [2.45, 2.75) is 44.4 Å². The van der Waals surface area contributed by atoms with Gasteiger partial charge in [0.15, 0.2) is 5.89 Å². The molecule has 1 unspecified atom stereocenters. The summed E-state index contributed by atoms with van der Waals surface area (Å²) in [6, 6.07) is 0. The monoisotopic (exact) mass is 220 g/mol. The van der Waals surface area contributed by atoms with E-state index < -0.39 is 0 Å². The smallest absolute Gasteiger partial charge is 0.197 e. The SMILES string of the molecule is c1oc(C2CCCC2)nc1CC1CCNC1. The molecule has 2 heterocycles. The summed E-state index contributed by atoms with van der Waals surface area (Å²) in [5, 5.41) is 3.40. The van der Waals surface area contributed by atoms with Gasteiger partial charge in [0, 0.05) is 5.92 Å². The first-order valence-electron chi connectivity index (χ1n) is 6.57. The molecule has 3 nitrogen and oxygen atoms in total. The third-order valence-corrected chi connectivity index (χ3v) is 3.93. The van der Waals surface area contributed by atoms with Gasteiger partial charge in [-0.15, -0.1) is 0 Å². The highest BCUT2D eigenvalue weighted by atomic mass is 16.3. The maximum Gasteiger partial charge on any atom is 0.197 e. The Hall–Kier alpha value is -0.830. The van der Waals surface area contributed by atoms with E-state index in [1.54, 1.807) is 0 Å². The van der Waals surface area contributed by atoms with Gasteiger partial charge < -0.3 is 9.73 Å². The van der Waals surface area contributed by atoms with Crippen LogP contribution in [0.5, 0.6) is 0 Å². The molecule has 1 atom stereocenters. The van der Waals surface area contributed by atoms with E-state index in [-0.39, 0.29) is 0 Å². The number of hydrogen-bond donors (Lipinski definition) is 1. The molecule has 1 aliphatic carbocycles. The molecule has 3 heteroatoms. The highest BCUT2D eigenvalue weighted by Crippen LogP contribution is 2.33. The molecule has 3 rings (SSSR count). The first-order chi connectivity index (χ1) is 7.92. The van der Waals surface area contributed by atoms with Crippen LogP contribution >= 0.6 is 0 Å². The molecule has 2 aliphatic rings. The number of aromatic nitrogens is 1. The molecule has 0 aromatic carbocycles. The summed E-state index contributed by atoms with van der Waals surface area (Å²) in [5.41, 5.74) is 1.16. The van der Waals surface area contributed by atoms with Crippen molar-refractivity contribution in [1.82, 2.24) is 10.3 Å². The number of rotatable bonds is 3. The van der Waals surface area contributed by atoms with E-state index in [0.29, 0.717) is 5.92 Å². The lowest BCUT2D eigenvalue weighted by molar-refractivity contribution is 0.448. The van der Waals surface area contributed by atoms with Gasteiger partial charge >= 0.3 is 0 Å². The summed E-state index contributed by atoms with van der Waals surface area (Å²) in [6.07, 6.45) is 9.47. The van der Waals surface area contributed by atoms with Gasteiger partial charge in [0.1, 0.15) is 6.26 Å². The molecule has 1 aromatic rings. The Labute approximate surface area is 96.6 Å². The Morgan fingerprint density at radius 3 is 2.94 bits per heavy atom. The van der Waals surface area contributed by atoms with Gasteiger partial charge in [-0.05, 0) is 44.7 Å². The van der Waals surface area contributed by atoms with E-state index in [4.69, 9.17) is 4.42 Å². The van der Waals surface area contributed by atoms with Crippen molar-refractivity contribution >= 4 is 0 Å². The second-order valence-electron chi connectivity index (χ2n) is 5.22. The Morgan fingerprint density at radius 1 is 1.31 bits per heavy atom. The second kappa shape index (κ2) is 4.58. The van der Waals surface area contributed by atoms with Crippen molar-refractivity contribution < 1.29 is 4.42 Å². The van der Waals surface area contributed by atoms with Crippen LogP contribution in [-0.4, -0.2) is 18.1 Å². The van der Waals surface area contributed by atoms with E-state index in [2.05, 4.69) is 10.3 Å². The maximum atomic E-state index is 5.63. The summed E-state index contributed by atoms with van der Waals surface area (Å²) in [6.45, 7) is 2.31. The minimum atomic E-state index is 0.607. The maximum absolute atomic E-state index is 5.63. The average Bonchev–Trinajstić information content (AvgIpc) is 2.99. The standard InChI is InChI=1S/C13H20N2O/c1-2-4-11(3-1)13-15-12(9-16-13)7-10-5-6-14-8-10/h9-11,14H,1-8H2. The van der Waals surface area contributed by atoms with Gasteiger partial charge in [-0.2, -0.15) is 0 Å². The van der Waals surface area contributed by atoms with Gasteiger partial charge in [0.2, 0.25) is 0 Å². The van der Waals surface area contributed by atoms with E-state index in [1.807, 2.05) is 6.26 Å². The molecule has 0 spiro atoms. The topological polar surface area (TPSA) is 38.1 Å². The van der Waals surface area contributed by atoms with Crippen molar-refractivity contribution in [3.63, 3.8) is 0 Å². The minimum Gasteiger partial charge on any atom is -0.448 e. The van der Waals surface area contributed by atoms with Gasteiger partial charge in [0.25, 0.3) is 0 Å². The fraction of sp³-hybridized carbons (Fsp3) is 0.769. The molecule has 1 N–H and O–H groups in total. The summed E-state index contributed by atoms with van der Waals surface area (Å²) < 4.78 is 5.63. The molecule has 88 valence electrons. The van der Waals surface area contributed by atoms with Gasteiger partial charge in [0.05, 0.1) is 5.69 Å². The van der Waals surface area contributed by atoms with Crippen LogP contribution in [0, 0.1) is 5.92 Å². The number of nitrogens with zero attached hydrogens (tertiary/aromatic N) is 1. The lowest BCUT2D eigenvalue weighted by Crippen LogP contribution is -2.10. The van der Waals surface area contributed by atoms with Gasteiger partial charge in [-0.25, -0.2) is 4.98 Å². The Kier molecular flexibility index (Phi) is 2.96. The van der Waals surface area contributed by atoms with Crippen LogP contribution in [-0.2, 0) is 6.42 Å². The van der Waals surface area contributed by atoms with E-state index in [9.17, 15) is 0 Å². The van der Waals surface area contributed by atoms with Crippen molar-refractivity contribution in [2.75, 3.05) is 13.1 Å². The summed E-state index contributed by atoms with van der Waals surface area (Å²) in [7, 11) is 0. The quantitative estimate of drug-likeness (QED) is 0.850. The van der Waals surface area contributed by atoms with Crippen LogP contribution in [0.2, 0.25) is 0 Å². The molecule has 0 amide bonds. The van der Waals surface area contributed by atoms with Gasteiger partial charge in [-0.1, -0.05) is 12.8 Å². The molecule has 1 aliphatic heterocycles. The molecule has 0 bridgehead atoms. The van der Waals surface area contributed by atoms with Crippen LogP contribution in [0.3, 0.4) is 0 Å². The first-order valence-corrected chi connectivity index (χ1v) is 6.57. The predicted octanol–water partition coefficient (Wildman–Crippen LogP) is 2.48. The van der Waals surface area contributed by atoms with Crippen LogP contribution < -0.4 is 5.32 Å². The van der Waals surface area contributed by atoms with E-state index >= 15 is 0 Å². The number of hydrogen-bond acceptors (Lipinski definition) is 3. The summed E-state index contributed by atoms with van der Waals surface area (Å²) in [5.74, 6) is 2.37. The highest BCUT2D eigenvalue weighted by Gasteiger charge is 2.23. The fourth-order valence-corrected chi connectivity index (χ4v) is 2.96. The van der Waals surface area contributed by atoms with Gasteiger partial charge in [-0.3, -0.25) is 0 Å². The first kappa shape index (κ1) is 10.3. The van der Waals surface area contributed by atoms with E-state index in [0.717, 1.165) is 37.0 Å². The zero-order valence-electron chi connectivity index (χ0n) is 9.74. The van der Waals surface area contributed by atoms with Crippen LogP contribution in [0.25, 0.3) is 0 Å². The Morgan fingerprint density at radius 2 is 2.19 bits per heavy atom. The highest BCUT2D eigenvalue weighted by molar-refractivity contribution is 5.03. The molecule has 1 saturated heterocycles. The number of oxazole rings is 1. The third-order valence-electron chi connectivity index (χ3n) is 3.93. The van der Waals surface area contributed by atoms with E-state index in [1.165, 1.54) is 32.1 Å². The largest absolute Gasteiger partial charge is 0.448 e. The summed E-state index contributed by atoms with van der Waals surface area (Å²) >= 11 is 0. The Bertz CT molecular complexity index is 335. The molecule has 1 saturated carbocycles. The Balaban J connectivity index is 1.62. The molecule has 1 aromatic heterocycles. The van der Waals surface area contributed by atoms with Crippen molar-refractivity contribution in [3.05, 3.63) is 17.8 Å². The fourth-order valence-electron chi connectivity index (χ4n) is 2.96. The number of nitrogens with one attached hydrogen (secondary N) is 1. The second-order valence-corrected chi connectivity index (χ2v) is 5.22. The lowest BCUT2D eigenvalue weighted by atomic mass is 10.0. The summed E-state index contributed by atoms with van der Waals surface area (Å²) in [4.78, 5) is 4.66. The van der Waals surface area contributed by atoms with Crippen molar-refractivity contribution in [2.24, 2.45) is 5.92 Å². The van der Waals surface area contributed by atoms with Crippen LogP contribution in [0.4, 0.5) is 0 Å². The zero-order valence-corrected chi connectivity index (χ0v) is 9.74. The minimum absolute atomic E-state index is 0.607. The normalized spacial score (nSPS) is 26.6. The third kappa shape index (κ3) is 2.14. The molecular formula is C13H20N2O. The van der Waals surface area contributed by atoms with Crippen molar-refractivity contribution in [1.29, 1.82) is 0 Å². The lowest BCUT2D eigenvalue weighted by Gasteiger charge is -2.04. The average molecular weight is 220 g/mol. The molecular weight excluding hydrogens is 200 g/mol. The van der Waals surface area contributed by atoms with Crippen molar-refractivity contribution in [3.8, 4) is 0 Å². The van der Waals surface area contributed by atoms with Crippen LogP contribution in [0.1, 0.15) is 49.6 Å². The molecule has 0 radical (unpaired) electrons. The predicted molar refractivity (Wildman–Crippen MR) is 62.4 cm³/mol. The molecule has 16 heavy (non-hydrogen) atoms. The van der Waals surface area contributed by atoms with Crippen LogP contribution in [0.15, 0.2) is 10.7 Å².